The van der Waals surface area contributed by atoms with Crippen molar-refractivity contribution in [1.82, 2.24) is 0 Å². The lowest BCUT2D eigenvalue weighted by Crippen LogP contribution is -1.84. The van der Waals surface area contributed by atoms with Gasteiger partial charge in [-0.3, -0.25) is 0 Å². The predicted molar refractivity (Wildman–Crippen MR) is 71.0 cm³/mol. The second-order valence-corrected chi connectivity index (χ2v) is 3.98. The third-order valence-corrected chi connectivity index (χ3v) is 2.05. The van der Waals surface area contributed by atoms with Gasteiger partial charge in [0.15, 0.2) is 0 Å². The largest absolute Gasteiger partial charge is 0.497 e. The minimum Gasteiger partial charge on any atom is -0.497 e. The fourth-order valence-electron chi connectivity index (χ4n) is 0.688. The van der Waals surface area contributed by atoms with E-state index in [9.17, 15) is 0 Å². The summed E-state index contributed by atoms with van der Waals surface area (Å²) in [5, 5.41) is 0. The Hall–Kier alpha value is 0.0600. The number of rotatable bonds is 3. The van der Waals surface area contributed by atoms with Crippen LogP contribution in [0, 0.1) is 0 Å². The summed E-state index contributed by atoms with van der Waals surface area (Å²) in [5.41, 5.74) is 0. The van der Waals surface area contributed by atoms with E-state index in [0.717, 1.165) is 21.7 Å². The summed E-state index contributed by atoms with van der Waals surface area (Å²) < 4.78 is 10.7. The van der Waals surface area contributed by atoms with Gasteiger partial charge in [-0.2, -0.15) is 0 Å². The second kappa shape index (κ2) is 9.61. The molecule has 0 atom stereocenters. The zero-order valence-corrected chi connectivity index (χ0v) is 11.4. The lowest BCUT2D eigenvalue weighted by molar-refractivity contribution is 0.220. The van der Waals surface area contributed by atoms with Crippen molar-refractivity contribution >= 4 is 35.2 Å². The van der Waals surface area contributed by atoms with Gasteiger partial charge in [-0.05, 0) is 18.2 Å². The molecule has 0 saturated heterocycles. The Balaban J connectivity index is 0.000000292. The summed E-state index contributed by atoms with van der Waals surface area (Å²) in [4.78, 5) is 0.925. The van der Waals surface area contributed by atoms with Gasteiger partial charge in [0.2, 0.25) is 0 Å². The zero-order valence-electron chi connectivity index (χ0n) is 8.37. The van der Waals surface area contributed by atoms with Crippen LogP contribution in [0.15, 0.2) is 29.2 Å². The molecule has 80 valence electrons. The van der Waals surface area contributed by atoms with E-state index >= 15 is 0 Å². The van der Waals surface area contributed by atoms with Crippen LogP contribution in [0.2, 0.25) is 0 Å². The molecule has 0 amide bonds. The van der Waals surface area contributed by atoms with Crippen molar-refractivity contribution in [2.24, 2.45) is 0 Å². The highest BCUT2D eigenvalue weighted by atomic mass is 127. The van der Waals surface area contributed by atoms with Crippen molar-refractivity contribution in [2.45, 2.75) is 4.90 Å². The van der Waals surface area contributed by atoms with Gasteiger partial charge in [0.25, 0.3) is 0 Å². The first-order valence-corrected chi connectivity index (χ1v) is 6.09. The Bertz CT molecular complexity index is 241. The molecule has 1 aromatic carbocycles. The first-order valence-electron chi connectivity index (χ1n) is 4.12. The fraction of sp³-hybridized carbons (Fsp3) is 0.400. The molecule has 0 aromatic heterocycles. The lowest BCUT2D eigenvalue weighted by atomic mass is 10.3. The third kappa shape index (κ3) is 7.46. The number of hydrogen-bond acceptors (Lipinski definition) is 3. The first kappa shape index (κ1) is 14.1. The van der Waals surface area contributed by atoms with Gasteiger partial charge in [-0.25, -0.2) is 0 Å². The lowest BCUT2D eigenvalue weighted by Gasteiger charge is -1.97. The van der Waals surface area contributed by atoms with Crippen LogP contribution < -0.4 is 4.74 Å². The molecule has 0 unspecified atom stereocenters. The van der Waals surface area contributed by atoms with E-state index in [2.05, 4.69) is 40.0 Å². The smallest absolute Gasteiger partial charge is 0.119 e. The quantitative estimate of drug-likeness (QED) is 0.523. The van der Waals surface area contributed by atoms with Crippen molar-refractivity contribution in [3.8, 4) is 5.75 Å². The van der Waals surface area contributed by atoms with Crippen LogP contribution in [0.5, 0.6) is 5.75 Å². The molecule has 0 fully saturated rings. The van der Waals surface area contributed by atoms with Gasteiger partial charge in [-0.15, -0.1) is 12.6 Å². The van der Waals surface area contributed by atoms with Crippen molar-refractivity contribution < 1.29 is 9.47 Å². The van der Waals surface area contributed by atoms with Crippen LogP contribution in [-0.4, -0.2) is 25.3 Å². The summed E-state index contributed by atoms with van der Waals surface area (Å²) in [6, 6.07) is 7.57. The Kier molecular flexibility index (Phi) is 9.65. The van der Waals surface area contributed by atoms with E-state index < -0.39 is 0 Å². The molecule has 0 radical (unpaired) electrons. The molecule has 1 aromatic rings. The molecule has 2 nitrogen and oxygen atoms in total. The number of hydrogen-bond donors (Lipinski definition) is 1. The Labute approximate surface area is 105 Å². The summed E-state index contributed by atoms with van der Waals surface area (Å²) in [5.74, 6) is 0.850. The molecule has 0 bridgehead atoms. The maximum absolute atomic E-state index is 4.95. The summed E-state index contributed by atoms with van der Waals surface area (Å²) >= 11 is 6.39. The van der Waals surface area contributed by atoms with Crippen molar-refractivity contribution in [3.05, 3.63) is 24.3 Å². The van der Waals surface area contributed by atoms with E-state index in [0.29, 0.717) is 0 Å². The summed E-state index contributed by atoms with van der Waals surface area (Å²) in [6.07, 6.45) is 0. The summed E-state index contributed by atoms with van der Waals surface area (Å²) in [6.45, 7) is 0.876. The van der Waals surface area contributed by atoms with E-state index in [1.165, 1.54) is 0 Å². The third-order valence-electron chi connectivity index (χ3n) is 1.33. The Morgan fingerprint density at radius 2 is 2.07 bits per heavy atom. The van der Waals surface area contributed by atoms with Gasteiger partial charge < -0.3 is 9.47 Å². The van der Waals surface area contributed by atoms with Gasteiger partial charge in [0.05, 0.1) is 13.7 Å². The van der Waals surface area contributed by atoms with Crippen LogP contribution >= 0.6 is 35.2 Å². The van der Waals surface area contributed by atoms with Crippen molar-refractivity contribution in [2.75, 3.05) is 25.3 Å². The van der Waals surface area contributed by atoms with Gasteiger partial charge >= 0.3 is 0 Å². The van der Waals surface area contributed by atoms with Crippen LogP contribution in [0.4, 0.5) is 0 Å². The average Bonchev–Trinajstić information content (AvgIpc) is 2.20. The highest BCUT2D eigenvalue weighted by Gasteiger charge is 1.87. The van der Waals surface area contributed by atoms with Gasteiger partial charge in [0, 0.05) is 16.4 Å². The van der Waals surface area contributed by atoms with Crippen molar-refractivity contribution in [1.29, 1.82) is 0 Å². The normalized spacial score (nSPS) is 8.86. The highest BCUT2D eigenvalue weighted by molar-refractivity contribution is 14.1. The predicted octanol–water partition coefficient (Wildman–Crippen LogP) is 3.05. The van der Waals surface area contributed by atoms with Crippen LogP contribution in [0.1, 0.15) is 0 Å². The number of ether oxygens (including phenoxy) is 2. The van der Waals surface area contributed by atoms with E-state index in [1.807, 2.05) is 24.3 Å². The Morgan fingerprint density at radius 1 is 1.36 bits per heavy atom. The molecule has 0 spiro atoms. The van der Waals surface area contributed by atoms with Gasteiger partial charge in [-0.1, -0.05) is 28.7 Å². The molecular weight excluding hydrogens is 311 g/mol. The summed E-state index contributed by atoms with van der Waals surface area (Å²) in [7, 11) is 3.35. The molecular formula is C10H15IO2S. The molecule has 0 heterocycles. The number of methoxy groups -OCH3 is 2. The zero-order chi connectivity index (χ0) is 10.8. The molecule has 14 heavy (non-hydrogen) atoms. The molecule has 4 heteroatoms. The number of thiol groups is 1. The number of benzene rings is 1. The Morgan fingerprint density at radius 3 is 2.36 bits per heavy atom. The van der Waals surface area contributed by atoms with E-state index in [4.69, 9.17) is 4.74 Å². The molecule has 0 N–H and O–H groups in total. The maximum atomic E-state index is 4.95. The minimum atomic E-state index is 0.850. The first-order chi connectivity index (χ1) is 6.74. The molecule has 0 aliphatic carbocycles. The molecule has 0 aliphatic rings. The number of alkyl halides is 1. The number of halogens is 1. The highest BCUT2D eigenvalue weighted by Crippen LogP contribution is 2.14. The second-order valence-electron chi connectivity index (χ2n) is 2.38. The molecule has 1 rings (SSSR count). The van der Waals surface area contributed by atoms with E-state index in [-0.39, 0.29) is 0 Å². The van der Waals surface area contributed by atoms with Crippen molar-refractivity contribution in [3.63, 3.8) is 0 Å². The van der Waals surface area contributed by atoms with Crippen LogP contribution in [0.25, 0.3) is 0 Å². The molecule has 0 saturated carbocycles. The SMILES string of the molecule is COCCI.COc1cccc(S)c1. The van der Waals surface area contributed by atoms with E-state index in [1.54, 1.807) is 14.2 Å². The van der Waals surface area contributed by atoms with Crippen LogP contribution in [-0.2, 0) is 4.74 Å². The van der Waals surface area contributed by atoms with Gasteiger partial charge in [0.1, 0.15) is 5.75 Å². The minimum absolute atomic E-state index is 0.850. The maximum Gasteiger partial charge on any atom is 0.119 e. The monoisotopic (exact) mass is 326 g/mol. The average molecular weight is 326 g/mol. The topological polar surface area (TPSA) is 18.5 Å². The fourth-order valence-corrected chi connectivity index (χ4v) is 1.34. The van der Waals surface area contributed by atoms with Crippen LogP contribution in [0.3, 0.4) is 0 Å². The standard InChI is InChI=1S/C7H8OS.C3H7IO/c1-8-6-3-2-4-7(9)5-6;1-5-3-2-4/h2-5,9H,1H3;2-3H2,1H3. The molecule has 0 aliphatic heterocycles.